The molecule has 0 fully saturated rings. The molecule has 0 unspecified atom stereocenters. The molecule has 0 amide bonds. The molecule has 0 saturated heterocycles. The average molecular weight is 185 g/mol. The molecule has 70 valence electrons. The molecule has 0 heterocycles. The van der Waals surface area contributed by atoms with Crippen molar-refractivity contribution < 1.29 is 0 Å². The van der Waals surface area contributed by atoms with Gasteiger partial charge in [-0.2, -0.15) is 0 Å². The van der Waals surface area contributed by atoms with Crippen molar-refractivity contribution in [3.8, 4) is 0 Å². The smallest absolute Gasteiger partial charge is 0.0487 e. The summed E-state index contributed by atoms with van der Waals surface area (Å²) in [7, 11) is 0. The van der Waals surface area contributed by atoms with Crippen LogP contribution in [0.3, 0.4) is 0 Å². The molecule has 12 heavy (non-hydrogen) atoms. The van der Waals surface area contributed by atoms with E-state index in [4.69, 9.17) is 0 Å². The molecule has 0 aliphatic carbocycles. The third-order valence-corrected chi connectivity index (χ3v) is 1.83. The summed E-state index contributed by atoms with van der Waals surface area (Å²) >= 11 is 1.71. The van der Waals surface area contributed by atoms with E-state index in [-0.39, 0.29) is 0 Å². The maximum absolute atomic E-state index is 4.43. The predicted molar refractivity (Wildman–Crippen MR) is 59.8 cm³/mol. The zero-order valence-corrected chi connectivity index (χ0v) is 9.48. The maximum atomic E-state index is 4.43. The molecule has 0 aliphatic rings. The first-order valence-electron chi connectivity index (χ1n) is 4.35. The lowest BCUT2D eigenvalue weighted by molar-refractivity contribution is 0.757. The van der Waals surface area contributed by atoms with Gasteiger partial charge in [0.1, 0.15) is 0 Å². The topological polar surface area (TPSA) is 12.4 Å². The van der Waals surface area contributed by atoms with E-state index in [9.17, 15) is 0 Å². The van der Waals surface area contributed by atoms with Gasteiger partial charge in [0, 0.05) is 11.9 Å². The van der Waals surface area contributed by atoms with Gasteiger partial charge in [-0.3, -0.25) is 4.99 Å². The maximum Gasteiger partial charge on any atom is 0.0487 e. The average Bonchev–Trinajstić information content (AvgIpc) is 1.96. The number of aliphatic imine (C=N–C) groups is 1. The summed E-state index contributed by atoms with van der Waals surface area (Å²) in [6.45, 7) is 8.61. The van der Waals surface area contributed by atoms with Crippen LogP contribution in [0.4, 0.5) is 0 Å². The molecule has 0 spiro atoms. The first-order valence-corrected chi connectivity index (χ1v) is 5.63. The number of thioether (sulfide) groups is 1. The van der Waals surface area contributed by atoms with E-state index in [2.05, 4.69) is 44.4 Å². The van der Waals surface area contributed by atoms with Crippen molar-refractivity contribution in [3.05, 3.63) is 11.1 Å². The Morgan fingerprint density at radius 2 is 1.83 bits per heavy atom. The fourth-order valence-electron chi connectivity index (χ4n) is 0.671. The summed E-state index contributed by atoms with van der Waals surface area (Å²) in [6, 6.07) is 0. The second-order valence-electron chi connectivity index (χ2n) is 3.46. The lowest BCUT2D eigenvalue weighted by atomic mass is 10.1. The van der Waals surface area contributed by atoms with E-state index in [1.54, 1.807) is 11.8 Å². The van der Waals surface area contributed by atoms with Gasteiger partial charge >= 0.3 is 0 Å². The van der Waals surface area contributed by atoms with Crippen molar-refractivity contribution in [2.75, 3.05) is 6.26 Å². The highest BCUT2D eigenvalue weighted by Gasteiger charge is 1.99. The van der Waals surface area contributed by atoms with E-state index >= 15 is 0 Å². The van der Waals surface area contributed by atoms with E-state index in [1.165, 1.54) is 5.70 Å². The van der Waals surface area contributed by atoms with E-state index in [0.29, 0.717) is 11.8 Å². The number of nitrogens with zero attached hydrogens (tertiary/aromatic N) is 1. The Morgan fingerprint density at radius 3 is 2.17 bits per heavy atom. The Hall–Kier alpha value is -0.240. The molecular formula is C10H19NS. The Labute approximate surface area is 80.4 Å². The molecule has 0 aromatic rings. The van der Waals surface area contributed by atoms with Crippen LogP contribution in [-0.4, -0.2) is 12.5 Å². The van der Waals surface area contributed by atoms with Crippen molar-refractivity contribution >= 4 is 18.0 Å². The second kappa shape index (κ2) is 6.30. The molecule has 0 aromatic carbocycles. The largest absolute Gasteiger partial charge is 0.265 e. The lowest BCUT2D eigenvalue weighted by Gasteiger charge is -2.05. The predicted octanol–water partition coefficient (Wildman–Crippen LogP) is 3.57. The quantitative estimate of drug-likeness (QED) is 0.610. The van der Waals surface area contributed by atoms with Gasteiger partial charge in [-0.15, -0.1) is 11.8 Å². The molecule has 0 saturated carbocycles. The van der Waals surface area contributed by atoms with E-state index in [1.807, 2.05) is 6.21 Å². The van der Waals surface area contributed by atoms with Gasteiger partial charge in [0.15, 0.2) is 0 Å². The van der Waals surface area contributed by atoms with Crippen molar-refractivity contribution in [1.29, 1.82) is 0 Å². The first kappa shape index (κ1) is 11.8. The number of hydrogen-bond donors (Lipinski definition) is 0. The van der Waals surface area contributed by atoms with Gasteiger partial charge in [0.05, 0.1) is 0 Å². The normalized spacial score (nSPS) is 13.8. The minimum absolute atomic E-state index is 0.521. The monoisotopic (exact) mass is 185 g/mol. The van der Waals surface area contributed by atoms with Crippen LogP contribution in [0.25, 0.3) is 0 Å². The summed E-state index contributed by atoms with van der Waals surface area (Å²) in [6.07, 6.45) is 4.06. The third kappa shape index (κ3) is 5.42. The van der Waals surface area contributed by atoms with E-state index < -0.39 is 0 Å². The van der Waals surface area contributed by atoms with Crippen LogP contribution in [-0.2, 0) is 0 Å². The highest BCUT2D eigenvalue weighted by atomic mass is 32.2. The fraction of sp³-hybridized carbons (Fsp3) is 0.700. The lowest BCUT2D eigenvalue weighted by Crippen LogP contribution is -1.94. The Balaban J connectivity index is 4.24. The first-order chi connectivity index (χ1) is 5.57. The third-order valence-electron chi connectivity index (χ3n) is 1.35. The summed E-state index contributed by atoms with van der Waals surface area (Å²) < 4.78 is 0. The van der Waals surface area contributed by atoms with Crippen molar-refractivity contribution in [3.63, 3.8) is 0 Å². The van der Waals surface area contributed by atoms with Crippen LogP contribution >= 0.6 is 11.8 Å². The van der Waals surface area contributed by atoms with Crippen LogP contribution < -0.4 is 0 Å². The van der Waals surface area contributed by atoms with E-state index in [0.717, 1.165) is 0 Å². The number of rotatable bonds is 4. The van der Waals surface area contributed by atoms with Crippen LogP contribution in [0, 0.1) is 11.8 Å². The highest BCUT2D eigenvalue weighted by molar-refractivity contribution is 8.01. The summed E-state index contributed by atoms with van der Waals surface area (Å²) in [4.78, 5) is 4.43. The molecular weight excluding hydrogens is 166 g/mol. The molecule has 1 nitrogen and oxygen atoms in total. The molecule has 0 bridgehead atoms. The zero-order valence-electron chi connectivity index (χ0n) is 8.66. The Morgan fingerprint density at radius 1 is 1.25 bits per heavy atom. The summed E-state index contributed by atoms with van der Waals surface area (Å²) in [5, 5.41) is 2.11. The van der Waals surface area contributed by atoms with Gasteiger partial charge in [0.25, 0.3) is 0 Å². The van der Waals surface area contributed by atoms with Crippen LogP contribution in [0.2, 0.25) is 0 Å². The number of allylic oxidation sites excluding steroid dienone is 1. The van der Waals surface area contributed by atoms with Gasteiger partial charge in [-0.1, -0.05) is 27.7 Å². The molecule has 0 radical (unpaired) electrons. The highest BCUT2D eigenvalue weighted by Crippen LogP contribution is 2.14. The second-order valence-corrected chi connectivity index (χ2v) is 4.16. The van der Waals surface area contributed by atoms with Gasteiger partial charge < -0.3 is 0 Å². The zero-order chi connectivity index (χ0) is 9.56. The molecule has 0 aromatic heterocycles. The van der Waals surface area contributed by atoms with Gasteiger partial charge in [-0.25, -0.2) is 0 Å². The fourth-order valence-corrected chi connectivity index (χ4v) is 1.25. The van der Waals surface area contributed by atoms with Gasteiger partial charge in [0.2, 0.25) is 0 Å². The van der Waals surface area contributed by atoms with Crippen LogP contribution in [0.5, 0.6) is 0 Å². The minimum atomic E-state index is 0.521. The minimum Gasteiger partial charge on any atom is -0.265 e. The molecule has 2 heteroatoms. The SMILES string of the molecule is CS/C=C(\N=C\C(C)C)C(C)C. The van der Waals surface area contributed by atoms with Crippen molar-refractivity contribution in [2.24, 2.45) is 16.8 Å². The molecule has 0 N–H and O–H groups in total. The standard InChI is InChI=1S/C10H19NS/c1-8(2)6-11-10(7-12-5)9(3)4/h6-9H,1-5H3/b10-7-,11-6+. The summed E-state index contributed by atoms with van der Waals surface area (Å²) in [5.74, 6) is 1.06. The Bertz CT molecular complexity index is 169. The number of hydrogen-bond acceptors (Lipinski definition) is 2. The van der Waals surface area contributed by atoms with Crippen molar-refractivity contribution in [2.45, 2.75) is 27.7 Å². The molecule has 0 atom stereocenters. The van der Waals surface area contributed by atoms with Crippen LogP contribution in [0.1, 0.15) is 27.7 Å². The van der Waals surface area contributed by atoms with Gasteiger partial charge in [-0.05, 0) is 23.5 Å². The Kier molecular flexibility index (Phi) is 6.17. The summed E-state index contributed by atoms with van der Waals surface area (Å²) in [5.41, 5.74) is 1.18. The van der Waals surface area contributed by atoms with Crippen molar-refractivity contribution in [1.82, 2.24) is 0 Å². The molecule has 0 rings (SSSR count). The molecule has 0 aliphatic heterocycles. The van der Waals surface area contributed by atoms with Crippen LogP contribution in [0.15, 0.2) is 16.1 Å².